The largest absolute Gasteiger partial charge is 0.481 e. The first-order valence-electron chi connectivity index (χ1n) is 44.6. The Morgan fingerprint density at radius 3 is 0.940 bits per heavy atom. The van der Waals surface area contributed by atoms with Crippen LogP contribution in [0, 0.1) is 0 Å². The van der Waals surface area contributed by atoms with E-state index < -0.39 is 40.1 Å². The highest BCUT2D eigenvalue weighted by Gasteiger charge is 2.52. The maximum absolute atomic E-state index is 11.5. The summed E-state index contributed by atoms with van der Waals surface area (Å²) in [5.74, 6) is 8.55. The molecule has 0 bridgehead atoms. The number of nitrogens with two attached hydrogens (primary N) is 4. The number of nitrogens with one attached hydrogen (secondary N) is 4. The number of anilines is 12. The van der Waals surface area contributed by atoms with Gasteiger partial charge in [-0.1, -0.05) is 77.0 Å². The van der Waals surface area contributed by atoms with Gasteiger partial charge in [0.05, 0.1) is 54.1 Å². The second-order valence-corrected chi connectivity index (χ2v) is 41.3. The summed E-state index contributed by atoms with van der Waals surface area (Å²) in [5, 5.41) is 64.5. The van der Waals surface area contributed by atoms with Crippen LogP contribution in [0.5, 0.6) is 0 Å². The summed E-state index contributed by atoms with van der Waals surface area (Å²) >= 11 is 0. The van der Waals surface area contributed by atoms with Crippen molar-refractivity contribution < 1.29 is 52.6 Å². The normalized spacial score (nSPS) is 18.2. The monoisotopic (exact) mass is 1890 g/mol. The molecule has 0 atom stereocenters. The van der Waals surface area contributed by atoms with Gasteiger partial charge < -0.3 is 40.2 Å². The third kappa shape index (κ3) is 17.3. The molecule has 8 aromatic heterocycles. The zero-order chi connectivity index (χ0) is 93.3. The van der Waals surface area contributed by atoms with Crippen LogP contribution in [0.3, 0.4) is 0 Å². The molecule has 0 radical (unpaired) electrons. The van der Waals surface area contributed by atoms with Crippen molar-refractivity contribution in [3.05, 3.63) is 146 Å². The number of nitrogens with zero attached hydrogens (tertiary/aromatic N) is 20. The molecule has 0 amide bonds. The zero-order valence-electron chi connectivity index (χ0n) is 75.1. The summed E-state index contributed by atoms with van der Waals surface area (Å²) in [6, 6.07) is 33.6. The maximum atomic E-state index is 11.5. The molecule has 4 aromatic carbocycles. The Balaban J connectivity index is 0.000000119. The molecule has 21 rings (SSSR count). The number of ether oxygens (including phenoxy) is 4. The lowest BCUT2D eigenvalue weighted by Crippen LogP contribution is -2.50. The molecule has 5 fully saturated rings. The molecule has 4 spiro atoms. The SMILES string of the molecule is CCN1N=C(OC)C2(CCCCC2)n2c1cc1cnc(Nc3ccc(S(N)(=O)=O)cc3)nc12.COC1=NN(C(C)C)c2cc3cnc(Nc4ccc(S(N)(=O)=O)cc4)nc3n2C12CCCCC2.COC1=NN(C)c2cc3cnc(Nc4ccc(S(N)(=O)=O)cc4)nc3n2C12CCCCC2.COC1=NN(C2CC2)c2cc3cnc(Nc4ccc(S(N)(=O)=O)cc4)nc3n2C12CCCCC2. The number of fused-ring (bicyclic) bond motifs is 16. The minimum absolute atomic E-state index is 0.0498. The smallest absolute Gasteiger partial charge is 0.238 e. The lowest BCUT2D eigenvalue weighted by Gasteiger charge is -2.44. The number of hydrogen-bond donors (Lipinski definition) is 8. The van der Waals surface area contributed by atoms with E-state index in [1.54, 1.807) is 95.6 Å². The van der Waals surface area contributed by atoms with Crippen molar-refractivity contribution in [3.63, 3.8) is 0 Å². The van der Waals surface area contributed by atoms with Crippen LogP contribution in [0.4, 0.5) is 69.8 Å². The van der Waals surface area contributed by atoms with Crippen LogP contribution in [0.1, 0.15) is 162 Å². The molecule has 12 aromatic rings. The highest BCUT2D eigenvalue weighted by atomic mass is 32.2. The minimum Gasteiger partial charge on any atom is -0.481 e. The summed E-state index contributed by atoms with van der Waals surface area (Å²) in [5.41, 5.74) is 4.46. The van der Waals surface area contributed by atoms with Crippen molar-refractivity contribution in [2.24, 2.45) is 41.0 Å². The quantitative estimate of drug-likeness (QED) is 0.0472. The van der Waals surface area contributed by atoms with Gasteiger partial charge in [-0.2, -0.15) is 19.9 Å². The van der Waals surface area contributed by atoms with Gasteiger partial charge in [0.15, 0.2) is 0 Å². The van der Waals surface area contributed by atoms with Gasteiger partial charge in [-0.15, -0.1) is 20.4 Å². The fourth-order valence-corrected chi connectivity index (χ4v) is 21.9. The minimum atomic E-state index is -3.75. The summed E-state index contributed by atoms with van der Waals surface area (Å²) in [6.07, 6.45) is 30.5. The van der Waals surface area contributed by atoms with E-state index in [4.69, 9.17) is 79.8 Å². The number of methoxy groups -OCH3 is 4. The number of sulfonamides is 4. The summed E-state index contributed by atoms with van der Waals surface area (Å²) in [6.45, 7) is 6.96. The Bertz CT molecular complexity index is 6850. The molecule has 5 aliphatic carbocycles. The van der Waals surface area contributed by atoms with Crippen molar-refractivity contribution in [1.29, 1.82) is 0 Å². The van der Waals surface area contributed by atoms with Crippen LogP contribution >= 0.6 is 0 Å². The molecule has 9 aliphatic rings. The standard InChI is InChI=1S/C23H27N7O3S.C23H29N7O3S.C22H27N7O3S.C21H25N7O3S/c1-33-21-23(11-3-2-4-12-23)29-19(30(28-21)17-7-8-17)13-15-14-25-22(27-20(15)29)26-16-5-9-18(10-6-16)34(24,31)32;1-15(2)30-19-13-16-14-25-22(26-17-7-9-18(10-8-17)34(24,31)32)27-20(16)29(19)23(21(28-30)33-3)11-5-4-6-12-23;1-3-28-18-13-15-14-24-21(25-16-7-9-17(10-8-16)33(23,30)31)26-19(15)29(18)22(20(27-28)32-2)11-5-4-6-12-22;1-27-17-12-14-13-23-20(24-15-6-8-16(9-7-15)32(22,29)30)25-18(14)28(17)21(19(26-27)31-2)10-4-3-5-11-21/h5-6,9-10,13-14,17H,2-4,7-8,11-12H2,1H3,(H2,24,31,32)(H,25,26,27);7-10,13-15H,4-6,11-12H2,1-3H3,(H2,24,31,32)(H,25,26,27);7-10,13-14H,3-6,11-12H2,1-2H3,(H2,23,30,31)(H,24,25,26);6-9,12-13H,3-5,10-11H2,1-2H3,(H2,22,29,30)(H,23,24,25). The average molecular weight is 1890 g/mol. The van der Waals surface area contributed by atoms with E-state index in [1.807, 2.05) is 34.3 Å². The van der Waals surface area contributed by atoms with Crippen molar-refractivity contribution >= 4 is 178 Å². The second kappa shape index (κ2) is 35.7. The number of hydrazone groups is 4. The van der Waals surface area contributed by atoms with Gasteiger partial charge in [0, 0.05) is 88.7 Å². The fourth-order valence-electron chi connectivity index (χ4n) is 19.8. The third-order valence-electron chi connectivity index (χ3n) is 26.2. The van der Waals surface area contributed by atoms with Crippen LogP contribution in [0.2, 0.25) is 0 Å². The molecule has 0 unspecified atom stereocenters. The van der Waals surface area contributed by atoms with Crippen molar-refractivity contribution in [1.82, 2.24) is 58.1 Å². The predicted octanol–water partition coefficient (Wildman–Crippen LogP) is 13.3. The van der Waals surface area contributed by atoms with Crippen molar-refractivity contribution in [2.75, 3.05) is 83.3 Å². The van der Waals surface area contributed by atoms with Gasteiger partial charge in [0.1, 0.15) is 68.0 Å². The average Bonchev–Trinajstić information content (AvgIpc) is 1.57. The molecule has 12 N–H and O–H groups in total. The highest BCUT2D eigenvalue weighted by molar-refractivity contribution is 7.90. The van der Waals surface area contributed by atoms with Crippen LogP contribution < -0.4 is 61.9 Å². The molecule has 4 aliphatic heterocycles. The molecule has 5 saturated carbocycles. The Labute approximate surface area is 769 Å². The van der Waals surface area contributed by atoms with E-state index in [0.717, 1.165) is 201 Å². The van der Waals surface area contributed by atoms with Gasteiger partial charge in [0.2, 0.25) is 87.5 Å². The van der Waals surface area contributed by atoms with E-state index >= 15 is 0 Å². The first-order valence-corrected chi connectivity index (χ1v) is 50.8. The Hall–Kier alpha value is -12.7. The van der Waals surface area contributed by atoms with E-state index in [2.05, 4.69) is 103 Å². The number of benzene rings is 4. The Morgan fingerprint density at radius 1 is 0.368 bits per heavy atom. The van der Waals surface area contributed by atoms with Gasteiger partial charge in [-0.25, -0.2) is 94.2 Å². The van der Waals surface area contributed by atoms with Crippen LogP contribution in [-0.2, 0) is 81.2 Å². The summed E-state index contributed by atoms with van der Waals surface area (Å²) in [7, 11) is -6.32. The molecule has 44 heteroatoms. The lowest BCUT2D eigenvalue weighted by molar-refractivity contribution is 0.219. The van der Waals surface area contributed by atoms with E-state index in [1.165, 1.54) is 74.2 Å². The summed E-state index contributed by atoms with van der Waals surface area (Å²) < 4.78 is 125. The molecule has 0 saturated heterocycles. The number of hydrogen-bond acceptors (Lipinski definition) is 32. The topological polar surface area (TPSA) is 511 Å². The van der Waals surface area contributed by atoms with Gasteiger partial charge in [-0.3, -0.25) is 18.3 Å². The van der Waals surface area contributed by atoms with Crippen LogP contribution in [0.25, 0.3) is 44.1 Å². The Kier molecular flexibility index (Phi) is 24.4. The number of primary sulfonamides is 4. The van der Waals surface area contributed by atoms with Gasteiger partial charge in [0.25, 0.3) is 0 Å². The van der Waals surface area contributed by atoms with Gasteiger partial charge in [-0.05, 0) is 206 Å². The van der Waals surface area contributed by atoms with Crippen LogP contribution in [0.15, 0.2) is 186 Å². The molecule has 133 heavy (non-hydrogen) atoms. The number of aromatic nitrogens is 12. The molecule has 40 nitrogen and oxygen atoms in total. The second-order valence-electron chi connectivity index (χ2n) is 35.1. The molecule has 700 valence electrons. The Morgan fingerprint density at radius 2 is 0.639 bits per heavy atom. The van der Waals surface area contributed by atoms with Crippen LogP contribution in [-0.4, -0.2) is 170 Å². The first-order chi connectivity index (χ1) is 63.8. The zero-order valence-corrected chi connectivity index (χ0v) is 78.3. The van der Waals surface area contributed by atoms with E-state index in [0.29, 0.717) is 65.0 Å². The fraction of sp³-hybridized carbons (Fsp3) is 0.416. The maximum Gasteiger partial charge on any atom is 0.238 e. The van der Waals surface area contributed by atoms with Gasteiger partial charge >= 0.3 is 0 Å². The first kappa shape index (κ1) is 90.8. The number of rotatable bonds is 15. The molecular formula is C89H108N28O12S4. The van der Waals surface area contributed by atoms with Crippen molar-refractivity contribution in [2.45, 2.75) is 216 Å². The predicted molar refractivity (Wildman–Crippen MR) is 511 cm³/mol. The highest BCUT2D eigenvalue weighted by Crippen LogP contribution is 2.52. The van der Waals surface area contributed by atoms with Crippen molar-refractivity contribution in [3.8, 4) is 0 Å². The lowest BCUT2D eigenvalue weighted by atomic mass is 9.80. The molecular weight excluding hydrogens is 1780 g/mol. The summed E-state index contributed by atoms with van der Waals surface area (Å²) in [4.78, 5) is 37.6. The third-order valence-corrected chi connectivity index (χ3v) is 30.0. The van der Waals surface area contributed by atoms with E-state index in [-0.39, 0.29) is 47.8 Å². The van der Waals surface area contributed by atoms with E-state index in [9.17, 15) is 33.7 Å². The molecule has 12 heterocycles.